The van der Waals surface area contributed by atoms with Crippen LogP contribution in [0.4, 0.5) is 0 Å². The van der Waals surface area contributed by atoms with Crippen molar-refractivity contribution < 1.29 is 19.2 Å². The van der Waals surface area contributed by atoms with Crippen molar-refractivity contribution in [2.24, 2.45) is 10.8 Å². The Morgan fingerprint density at radius 3 is 2.48 bits per heavy atom. The monoisotopic (exact) mass is 435 g/mol. The highest BCUT2D eigenvalue weighted by molar-refractivity contribution is 5.77. The molecule has 1 unspecified atom stereocenters. The van der Waals surface area contributed by atoms with Crippen LogP contribution >= 0.6 is 0 Å². The molecule has 0 spiro atoms. The molecule has 2 rings (SSSR count). The molecule has 8 heteroatoms. The van der Waals surface area contributed by atoms with E-state index in [2.05, 4.69) is 36.2 Å². The average Bonchev–Trinajstić information content (AvgIpc) is 3.14. The summed E-state index contributed by atoms with van der Waals surface area (Å²) < 4.78 is 5.36. The number of amides is 1. The number of nitrogens with one attached hydrogen (secondary N) is 1. The number of carboxylic acid groups (broad SMARTS) is 1. The molecule has 1 atom stereocenters. The van der Waals surface area contributed by atoms with E-state index in [4.69, 9.17) is 4.52 Å². The van der Waals surface area contributed by atoms with Gasteiger partial charge in [0.15, 0.2) is 5.82 Å². The van der Waals surface area contributed by atoms with E-state index in [0.717, 1.165) is 12.8 Å². The second kappa shape index (κ2) is 11.1. The van der Waals surface area contributed by atoms with Gasteiger partial charge in [0.05, 0.1) is 13.1 Å². The predicted octanol–water partition coefficient (Wildman–Crippen LogP) is 2.64. The Balaban J connectivity index is 1.98. The average molecular weight is 436 g/mol. The molecule has 1 aliphatic carbocycles. The maximum absolute atomic E-state index is 11.8. The molecule has 1 aliphatic rings. The van der Waals surface area contributed by atoms with Crippen molar-refractivity contribution in [2.75, 3.05) is 20.6 Å². The number of rotatable bonds is 11. The molecule has 1 amide bonds. The molecule has 1 N–H and O–H groups in total. The zero-order valence-corrected chi connectivity index (χ0v) is 19.8. The third-order valence-corrected chi connectivity index (χ3v) is 6.76. The van der Waals surface area contributed by atoms with E-state index in [0.29, 0.717) is 23.6 Å². The molecule has 8 nitrogen and oxygen atoms in total. The predicted molar refractivity (Wildman–Crippen MR) is 116 cm³/mol. The maximum atomic E-state index is 11.8. The first-order valence-electron chi connectivity index (χ1n) is 11.5. The van der Waals surface area contributed by atoms with Crippen molar-refractivity contribution in [3.63, 3.8) is 0 Å². The molecule has 1 fully saturated rings. The second-order valence-corrected chi connectivity index (χ2v) is 10.3. The highest BCUT2D eigenvalue weighted by Gasteiger charge is 2.41. The molecule has 0 aliphatic heterocycles. The number of carboxylic acids is 1. The van der Waals surface area contributed by atoms with Crippen LogP contribution in [0.3, 0.4) is 0 Å². The van der Waals surface area contributed by atoms with Crippen molar-refractivity contribution in [3.05, 3.63) is 11.7 Å². The van der Waals surface area contributed by atoms with Gasteiger partial charge in [0.25, 0.3) is 0 Å². The van der Waals surface area contributed by atoms with Gasteiger partial charge in [-0.2, -0.15) is 4.98 Å². The highest BCUT2D eigenvalue weighted by Crippen LogP contribution is 2.53. The van der Waals surface area contributed by atoms with Crippen LogP contribution in [0.5, 0.6) is 0 Å². The summed E-state index contributed by atoms with van der Waals surface area (Å²) >= 11 is 0. The molecule has 1 aromatic heterocycles. The molecule has 176 valence electrons. The van der Waals surface area contributed by atoms with Gasteiger partial charge in [-0.05, 0) is 57.0 Å². The van der Waals surface area contributed by atoms with E-state index >= 15 is 0 Å². The van der Waals surface area contributed by atoms with Crippen molar-refractivity contribution in [1.82, 2.24) is 20.4 Å². The third kappa shape index (κ3) is 7.59. The number of nitrogens with zero attached hydrogens (tertiary/aromatic N) is 3. The lowest BCUT2D eigenvalue weighted by Gasteiger charge is -2.48. The molecule has 0 saturated heterocycles. The van der Waals surface area contributed by atoms with Crippen LogP contribution in [-0.2, 0) is 16.1 Å². The van der Waals surface area contributed by atoms with E-state index in [9.17, 15) is 14.7 Å². The Kier molecular flexibility index (Phi) is 9.03. The Morgan fingerprint density at radius 1 is 1.23 bits per heavy atom. The number of likely N-dealkylation sites (N-methyl/N-ethyl adjacent to an activating group) is 1. The van der Waals surface area contributed by atoms with Gasteiger partial charge in [0.2, 0.25) is 11.8 Å². The number of hydrogen-bond donors (Lipinski definition) is 1. The van der Waals surface area contributed by atoms with Crippen molar-refractivity contribution in [2.45, 2.75) is 91.0 Å². The summed E-state index contributed by atoms with van der Waals surface area (Å²) in [5.41, 5.74) is 0.522. The van der Waals surface area contributed by atoms with Crippen LogP contribution in [-0.4, -0.2) is 47.6 Å². The lowest BCUT2D eigenvalue weighted by atomic mass is 9.57. The molecule has 0 radical (unpaired) electrons. The zero-order valence-electron chi connectivity index (χ0n) is 19.8. The van der Waals surface area contributed by atoms with Crippen molar-refractivity contribution in [3.8, 4) is 0 Å². The Labute approximate surface area is 186 Å². The normalized spacial score (nSPS) is 17.5. The van der Waals surface area contributed by atoms with Crippen LogP contribution < -0.4 is 10.4 Å². The first-order valence-corrected chi connectivity index (χ1v) is 11.5. The molecule has 0 aromatic carbocycles. The minimum atomic E-state index is -1.12. The maximum Gasteiger partial charge on any atom is 0.234 e. The number of carbonyl (C=O) groups is 2. The van der Waals surface area contributed by atoms with Gasteiger partial charge in [-0.3, -0.25) is 4.79 Å². The summed E-state index contributed by atoms with van der Waals surface area (Å²) in [6.45, 7) is 7.40. The topological polar surface area (TPSA) is 111 Å². The van der Waals surface area contributed by atoms with E-state index < -0.39 is 5.97 Å². The Morgan fingerprint density at radius 2 is 1.90 bits per heavy atom. The number of aliphatic carboxylic acids is 1. The van der Waals surface area contributed by atoms with E-state index in [1.165, 1.54) is 32.1 Å². The summed E-state index contributed by atoms with van der Waals surface area (Å²) in [7, 11) is 3.63. The first-order chi connectivity index (χ1) is 14.5. The van der Waals surface area contributed by atoms with Gasteiger partial charge in [0, 0.05) is 11.9 Å². The summed E-state index contributed by atoms with van der Waals surface area (Å²) in [5.74, 6) is -0.961. The largest absolute Gasteiger partial charge is 0.550 e. The van der Waals surface area contributed by atoms with E-state index in [1.54, 1.807) is 4.90 Å². The van der Waals surface area contributed by atoms with Gasteiger partial charge in [-0.15, -0.1) is 0 Å². The van der Waals surface area contributed by atoms with Crippen molar-refractivity contribution in [1.29, 1.82) is 0 Å². The Bertz CT molecular complexity index is 717. The van der Waals surface area contributed by atoms with E-state index in [-0.39, 0.29) is 36.8 Å². The summed E-state index contributed by atoms with van der Waals surface area (Å²) in [6, 6.07) is 0. The number of aromatic nitrogens is 2. The summed E-state index contributed by atoms with van der Waals surface area (Å²) in [4.78, 5) is 29.2. The molecule has 1 saturated carbocycles. The fraction of sp³-hybridized carbons (Fsp3) is 0.826. The Hall–Kier alpha value is -1.96. The lowest BCUT2D eigenvalue weighted by Crippen LogP contribution is -2.37. The van der Waals surface area contributed by atoms with Crippen LogP contribution in [0.1, 0.15) is 96.2 Å². The third-order valence-electron chi connectivity index (χ3n) is 6.76. The first kappa shape index (κ1) is 25.3. The minimum absolute atomic E-state index is 0.136. The highest BCUT2D eigenvalue weighted by atomic mass is 16.5. The van der Waals surface area contributed by atoms with Crippen LogP contribution in [0.15, 0.2) is 4.52 Å². The van der Waals surface area contributed by atoms with Crippen LogP contribution in [0.25, 0.3) is 0 Å². The molecule has 31 heavy (non-hydrogen) atoms. The molecule has 1 aromatic rings. The van der Waals surface area contributed by atoms with Gasteiger partial charge in [0.1, 0.15) is 0 Å². The number of carbonyl (C=O) groups excluding carboxylic acids is 2. The summed E-state index contributed by atoms with van der Waals surface area (Å²) in [6.07, 6.45) is 8.82. The summed E-state index contributed by atoms with van der Waals surface area (Å²) in [5, 5.41) is 18.0. The fourth-order valence-electron chi connectivity index (χ4n) is 4.83. The quantitative estimate of drug-likeness (QED) is 0.569. The van der Waals surface area contributed by atoms with Gasteiger partial charge >= 0.3 is 0 Å². The number of hydrogen-bond acceptors (Lipinski definition) is 7. The standard InChI is InChI=1S/C23H40N4O4/c1-22(2,3)23(11-7-6-8-12-23)13-9-10-17(14-20(29)30)21-25-18(26-31-21)15-24-19(28)16-27(4)5/h17H,6-16H2,1-5H3,(H,24,28)(H,29,30)/p-1. The second-order valence-electron chi connectivity index (χ2n) is 10.3. The van der Waals surface area contributed by atoms with Gasteiger partial charge < -0.3 is 24.6 Å². The van der Waals surface area contributed by atoms with Gasteiger partial charge in [-0.1, -0.05) is 51.6 Å². The molecular weight excluding hydrogens is 396 g/mol. The smallest absolute Gasteiger partial charge is 0.234 e. The lowest BCUT2D eigenvalue weighted by molar-refractivity contribution is -0.306. The molecule has 1 heterocycles. The molecular formula is C23H39N4O4-. The van der Waals surface area contributed by atoms with Crippen LogP contribution in [0, 0.1) is 10.8 Å². The molecule has 0 bridgehead atoms. The minimum Gasteiger partial charge on any atom is -0.550 e. The van der Waals surface area contributed by atoms with Gasteiger partial charge in [-0.25, -0.2) is 0 Å². The SMILES string of the molecule is CN(C)CC(=O)NCc1noc(C(CCCC2(C(C)(C)C)CCCCC2)CC(=O)[O-])n1. The zero-order chi connectivity index (χ0) is 23.1. The van der Waals surface area contributed by atoms with Crippen LogP contribution in [0.2, 0.25) is 0 Å². The fourth-order valence-corrected chi connectivity index (χ4v) is 4.83. The van der Waals surface area contributed by atoms with Crippen molar-refractivity contribution >= 4 is 11.9 Å². The van der Waals surface area contributed by atoms with E-state index in [1.807, 2.05) is 14.1 Å².